The van der Waals surface area contributed by atoms with E-state index in [0.29, 0.717) is 0 Å². The molecule has 0 radical (unpaired) electrons. The van der Waals surface area contributed by atoms with Crippen molar-refractivity contribution < 1.29 is 17.7 Å². The summed E-state index contributed by atoms with van der Waals surface area (Å²) in [5.41, 5.74) is 0. The van der Waals surface area contributed by atoms with E-state index in [1.807, 2.05) is 0 Å². The molecule has 0 heterocycles. The molecule has 0 bridgehead atoms. The van der Waals surface area contributed by atoms with Crippen LogP contribution in [0.1, 0.15) is 6.92 Å². The second-order valence-corrected chi connectivity index (χ2v) is 3.83. The molecule has 1 atom stereocenters. The fraction of sp³-hybridized carbons (Fsp3) is 0.667. The summed E-state index contributed by atoms with van der Waals surface area (Å²) in [6.45, 7) is 4.63. The number of rotatable bonds is 5. The summed E-state index contributed by atoms with van der Waals surface area (Å²) in [5.74, 6) is -0.374. The molecule has 0 saturated heterocycles. The van der Waals surface area contributed by atoms with Gasteiger partial charge in [0.1, 0.15) is 5.75 Å². The first-order valence-electron chi connectivity index (χ1n) is 3.14. The molecule has 0 saturated carbocycles. The molecule has 0 aromatic rings. The van der Waals surface area contributed by atoms with Crippen LogP contribution in [0, 0.1) is 0 Å². The summed E-state index contributed by atoms with van der Waals surface area (Å²) in [6, 6.07) is 0. The van der Waals surface area contributed by atoms with Crippen LogP contribution in [0.3, 0.4) is 0 Å². The second-order valence-electron chi connectivity index (χ2n) is 2.15. The first-order chi connectivity index (χ1) is 4.98. The lowest BCUT2D eigenvalue weighted by molar-refractivity contribution is 0.212. The SMILES string of the molecule is C=CCOS(=O)(=O)CC(C)O. The van der Waals surface area contributed by atoms with Gasteiger partial charge < -0.3 is 5.11 Å². The lowest BCUT2D eigenvalue weighted by atomic mass is 10.5. The Labute approximate surface area is 66.6 Å². The summed E-state index contributed by atoms with van der Waals surface area (Å²) < 4.78 is 25.9. The summed E-state index contributed by atoms with van der Waals surface area (Å²) >= 11 is 0. The minimum absolute atomic E-state index is 0.0466. The zero-order valence-corrected chi connectivity index (χ0v) is 7.17. The van der Waals surface area contributed by atoms with E-state index in [-0.39, 0.29) is 12.4 Å². The summed E-state index contributed by atoms with van der Waals surface area (Å²) in [7, 11) is -3.56. The average Bonchev–Trinajstić information content (AvgIpc) is 1.81. The van der Waals surface area contributed by atoms with E-state index in [0.717, 1.165) is 0 Å². The highest BCUT2D eigenvalue weighted by Gasteiger charge is 2.13. The molecule has 0 amide bonds. The van der Waals surface area contributed by atoms with Crippen molar-refractivity contribution in [2.45, 2.75) is 13.0 Å². The predicted octanol–water partition coefficient (Wildman–Crippen LogP) is -0.100. The lowest BCUT2D eigenvalue weighted by Crippen LogP contribution is -2.19. The minimum Gasteiger partial charge on any atom is -0.392 e. The number of hydrogen-bond acceptors (Lipinski definition) is 4. The van der Waals surface area contributed by atoms with Gasteiger partial charge in [-0.05, 0) is 6.92 Å². The van der Waals surface area contributed by atoms with E-state index in [9.17, 15) is 8.42 Å². The molecule has 0 aliphatic heterocycles. The number of aliphatic hydroxyl groups is 1. The molecule has 0 spiro atoms. The molecule has 1 unspecified atom stereocenters. The highest BCUT2D eigenvalue weighted by molar-refractivity contribution is 7.86. The molecule has 0 aromatic carbocycles. The van der Waals surface area contributed by atoms with Crippen LogP contribution in [0.5, 0.6) is 0 Å². The van der Waals surface area contributed by atoms with Crippen molar-refractivity contribution in [2.75, 3.05) is 12.4 Å². The molecule has 0 aliphatic rings. The smallest absolute Gasteiger partial charge is 0.270 e. The van der Waals surface area contributed by atoms with Crippen LogP contribution < -0.4 is 0 Å². The molecule has 0 rings (SSSR count). The van der Waals surface area contributed by atoms with Gasteiger partial charge in [-0.1, -0.05) is 6.08 Å². The van der Waals surface area contributed by atoms with Gasteiger partial charge in [-0.15, -0.1) is 6.58 Å². The quantitative estimate of drug-likeness (QED) is 0.474. The Hall–Kier alpha value is -0.390. The Balaban J connectivity index is 3.91. The summed E-state index contributed by atoms with van der Waals surface area (Å²) in [6.07, 6.45) is 0.435. The Morgan fingerprint density at radius 1 is 1.73 bits per heavy atom. The minimum atomic E-state index is -3.56. The van der Waals surface area contributed by atoms with E-state index in [4.69, 9.17) is 5.11 Å². The van der Waals surface area contributed by atoms with Crippen LogP contribution in [-0.2, 0) is 14.3 Å². The summed E-state index contributed by atoms with van der Waals surface area (Å²) in [4.78, 5) is 0. The normalized spacial score (nSPS) is 14.4. The van der Waals surface area contributed by atoms with Crippen LogP contribution in [0.4, 0.5) is 0 Å². The maximum absolute atomic E-state index is 10.8. The zero-order valence-electron chi connectivity index (χ0n) is 6.36. The first-order valence-corrected chi connectivity index (χ1v) is 4.71. The molecule has 0 aliphatic carbocycles. The van der Waals surface area contributed by atoms with Crippen LogP contribution >= 0.6 is 0 Å². The van der Waals surface area contributed by atoms with Crippen molar-refractivity contribution in [2.24, 2.45) is 0 Å². The van der Waals surface area contributed by atoms with Gasteiger partial charge in [0.2, 0.25) is 0 Å². The predicted molar refractivity (Wildman–Crippen MR) is 41.6 cm³/mol. The van der Waals surface area contributed by atoms with Crippen molar-refractivity contribution in [1.82, 2.24) is 0 Å². The lowest BCUT2D eigenvalue weighted by Gasteiger charge is -2.04. The fourth-order valence-corrected chi connectivity index (χ4v) is 1.49. The van der Waals surface area contributed by atoms with Crippen molar-refractivity contribution in [3.63, 3.8) is 0 Å². The topological polar surface area (TPSA) is 63.6 Å². The van der Waals surface area contributed by atoms with Crippen molar-refractivity contribution in [3.05, 3.63) is 12.7 Å². The molecular weight excluding hydrogens is 168 g/mol. The van der Waals surface area contributed by atoms with Crippen molar-refractivity contribution in [3.8, 4) is 0 Å². The maximum atomic E-state index is 10.8. The Morgan fingerprint density at radius 3 is 2.64 bits per heavy atom. The average molecular weight is 180 g/mol. The van der Waals surface area contributed by atoms with Crippen LogP contribution in [0.2, 0.25) is 0 Å². The van der Waals surface area contributed by atoms with E-state index in [1.165, 1.54) is 13.0 Å². The monoisotopic (exact) mass is 180 g/mol. The van der Waals surface area contributed by atoms with Crippen molar-refractivity contribution in [1.29, 1.82) is 0 Å². The number of aliphatic hydroxyl groups excluding tert-OH is 1. The van der Waals surface area contributed by atoms with Gasteiger partial charge >= 0.3 is 0 Å². The molecule has 5 heteroatoms. The van der Waals surface area contributed by atoms with Crippen molar-refractivity contribution >= 4 is 10.1 Å². The van der Waals surface area contributed by atoms with Gasteiger partial charge in [0.25, 0.3) is 10.1 Å². The zero-order chi connectivity index (χ0) is 8.91. The van der Waals surface area contributed by atoms with E-state index < -0.39 is 16.2 Å². The van der Waals surface area contributed by atoms with Gasteiger partial charge in [-0.3, -0.25) is 4.18 Å². The van der Waals surface area contributed by atoms with Gasteiger partial charge in [0.05, 0.1) is 12.7 Å². The van der Waals surface area contributed by atoms with Gasteiger partial charge in [-0.2, -0.15) is 8.42 Å². The molecule has 0 aromatic heterocycles. The standard InChI is InChI=1S/C6H12O4S/c1-3-4-10-11(8,9)5-6(2)7/h3,6-7H,1,4-5H2,2H3. The highest BCUT2D eigenvalue weighted by atomic mass is 32.2. The van der Waals surface area contributed by atoms with Gasteiger partial charge in [-0.25, -0.2) is 0 Å². The largest absolute Gasteiger partial charge is 0.392 e. The third-order valence-electron chi connectivity index (χ3n) is 0.811. The molecule has 1 N–H and O–H groups in total. The fourth-order valence-electron chi connectivity index (χ4n) is 0.495. The highest BCUT2D eigenvalue weighted by Crippen LogP contribution is 1.96. The van der Waals surface area contributed by atoms with E-state index in [2.05, 4.69) is 10.8 Å². The second kappa shape index (κ2) is 4.48. The molecule has 66 valence electrons. The Kier molecular flexibility index (Phi) is 4.32. The van der Waals surface area contributed by atoms with Gasteiger partial charge in [0.15, 0.2) is 0 Å². The third kappa shape index (κ3) is 6.03. The number of hydrogen-bond donors (Lipinski definition) is 1. The Morgan fingerprint density at radius 2 is 2.27 bits per heavy atom. The molecule has 4 nitrogen and oxygen atoms in total. The molecular formula is C6H12O4S. The van der Waals surface area contributed by atoms with E-state index in [1.54, 1.807) is 0 Å². The van der Waals surface area contributed by atoms with E-state index >= 15 is 0 Å². The maximum Gasteiger partial charge on any atom is 0.270 e. The Bertz CT molecular complexity index is 205. The summed E-state index contributed by atoms with van der Waals surface area (Å²) in [5, 5.41) is 8.70. The van der Waals surface area contributed by atoms with Crippen LogP contribution in [-0.4, -0.2) is 32.0 Å². The first kappa shape index (κ1) is 10.6. The van der Waals surface area contributed by atoms with Gasteiger partial charge in [0, 0.05) is 0 Å². The van der Waals surface area contributed by atoms with Crippen LogP contribution in [0.15, 0.2) is 12.7 Å². The third-order valence-corrected chi connectivity index (χ3v) is 2.20. The molecule has 11 heavy (non-hydrogen) atoms. The molecule has 0 fully saturated rings. The van der Waals surface area contributed by atoms with Crippen LogP contribution in [0.25, 0.3) is 0 Å².